The Morgan fingerprint density at radius 1 is 1.36 bits per heavy atom. The lowest BCUT2D eigenvalue weighted by atomic mass is 9.81. The number of likely N-dealkylation sites (tertiary alicyclic amines) is 1. The van der Waals surface area contributed by atoms with Crippen LogP contribution >= 0.6 is 0 Å². The van der Waals surface area contributed by atoms with Crippen LogP contribution in [-0.2, 0) is 4.79 Å². The Kier molecular flexibility index (Phi) is 1.72. The van der Waals surface area contributed by atoms with E-state index < -0.39 is 0 Å². The molecule has 0 radical (unpaired) electrons. The summed E-state index contributed by atoms with van der Waals surface area (Å²) in [6, 6.07) is 0. The molecule has 0 spiro atoms. The molecule has 0 aromatic carbocycles. The van der Waals surface area contributed by atoms with Crippen molar-refractivity contribution in [3.8, 4) is 0 Å². The number of rotatable bonds is 0. The number of hydrogen-bond donors (Lipinski definition) is 0. The van der Waals surface area contributed by atoms with E-state index in [2.05, 4.69) is 11.9 Å². The van der Waals surface area contributed by atoms with Crippen molar-refractivity contribution >= 4 is 5.78 Å². The van der Waals surface area contributed by atoms with Crippen molar-refractivity contribution < 1.29 is 4.79 Å². The standard InChI is InChI=1S/C9H15NO/c1-10-5-7-2-3-9(11)4-8(7)6-10/h7-8H,2-6H2,1H3/t7-,8+/m1/s1. The van der Waals surface area contributed by atoms with Gasteiger partial charge in [0, 0.05) is 25.9 Å². The first kappa shape index (κ1) is 7.29. The maximum atomic E-state index is 11.1. The number of ketones is 1. The van der Waals surface area contributed by atoms with E-state index >= 15 is 0 Å². The second-order valence-electron chi connectivity index (χ2n) is 4.02. The molecule has 0 aromatic heterocycles. The topological polar surface area (TPSA) is 20.3 Å². The molecule has 1 saturated carbocycles. The van der Waals surface area contributed by atoms with E-state index in [-0.39, 0.29) is 0 Å². The zero-order valence-electron chi connectivity index (χ0n) is 7.05. The van der Waals surface area contributed by atoms with Gasteiger partial charge in [0.15, 0.2) is 0 Å². The van der Waals surface area contributed by atoms with E-state index in [1.165, 1.54) is 6.54 Å². The van der Waals surface area contributed by atoms with Gasteiger partial charge in [0.05, 0.1) is 0 Å². The zero-order valence-corrected chi connectivity index (χ0v) is 7.05. The number of hydrogen-bond acceptors (Lipinski definition) is 2. The van der Waals surface area contributed by atoms with Crippen molar-refractivity contribution in [1.82, 2.24) is 4.90 Å². The second kappa shape index (κ2) is 2.59. The van der Waals surface area contributed by atoms with Gasteiger partial charge in [-0.3, -0.25) is 4.79 Å². The molecule has 1 aliphatic heterocycles. The fraction of sp³-hybridized carbons (Fsp3) is 0.889. The minimum absolute atomic E-state index is 0.488. The predicted octanol–water partition coefficient (Wildman–Crippen LogP) is 0.917. The average molecular weight is 153 g/mol. The normalized spacial score (nSPS) is 39.2. The summed E-state index contributed by atoms with van der Waals surface area (Å²) in [4.78, 5) is 13.4. The van der Waals surface area contributed by atoms with Crippen LogP contribution in [0.3, 0.4) is 0 Å². The van der Waals surface area contributed by atoms with Gasteiger partial charge in [0.25, 0.3) is 0 Å². The molecular formula is C9H15NO. The van der Waals surface area contributed by atoms with Crippen molar-refractivity contribution in [3.05, 3.63) is 0 Å². The van der Waals surface area contributed by atoms with Gasteiger partial charge < -0.3 is 4.90 Å². The monoisotopic (exact) mass is 153 g/mol. The van der Waals surface area contributed by atoms with Crippen LogP contribution in [0.1, 0.15) is 19.3 Å². The van der Waals surface area contributed by atoms with Gasteiger partial charge >= 0.3 is 0 Å². The summed E-state index contributed by atoms with van der Waals surface area (Å²) < 4.78 is 0. The fourth-order valence-electron chi connectivity index (χ4n) is 2.47. The molecule has 2 rings (SSSR count). The Morgan fingerprint density at radius 2 is 2.09 bits per heavy atom. The zero-order chi connectivity index (χ0) is 7.84. The highest BCUT2D eigenvalue weighted by Gasteiger charge is 2.35. The van der Waals surface area contributed by atoms with Gasteiger partial charge in [-0.05, 0) is 25.3 Å². The summed E-state index contributed by atoms with van der Waals surface area (Å²) in [7, 11) is 2.16. The highest BCUT2D eigenvalue weighted by molar-refractivity contribution is 5.79. The van der Waals surface area contributed by atoms with Crippen molar-refractivity contribution in [1.29, 1.82) is 0 Å². The molecular weight excluding hydrogens is 138 g/mol. The first-order valence-electron chi connectivity index (χ1n) is 4.46. The van der Waals surface area contributed by atoms with E-state index in [1.54, 1.807) is 0 Å². The molecule has 1 saturated heterocycles. The van der Waals surface area contributed by atoms with Crippen molar-refractivity contribution in [3.63, 3.8) is 0 Å². The Morgan fingerprint density at radius 3 is 2.91 bits per heavy atom. The van der Waals surface area contributed by atoms with Gasteiger partial charge in [-0.2, -0.15) is 0 Å². The third-order valence-corrected chi connectivity index (χ3v) is 3.04. The molecule has 0 aromatic rings. The molecule has 11 heavy (non-hydrogen) atoms. The smallest absolute Gasteiger partial charge is 0.133 e. The number of nitrogens with zero attached hydrogens (tertiary/aromatic N) is 1. The molecule has 2 heteroatoms. The molecule has 0 bridgehead atoms. The van der Waals surface area contributed by atoms with E-state index in [0.29, 0.717) is 11.7 Å². The molecule has 2 aliphatic rings. The molecule has 2 atom stereocenters. The van der Waals surface area contributed by atoms with Crippen LogP contribution in [0.2, 0.25) is 0 Å². The first-order chi connectivity index (χ1) is 5.25. The summed E-state index contributed by atoms with van der Waals surface area (Å²) in [5.74, 6) is 2.01. The van der Waals surface area contributed by atoms with Gasteiger partial charge in [0.1, 0.15) is 5.78 Å². The summed E-state index contributed by atoms with van der Waals surface area (Å²) in [6.45, 7) is 2.37. The summed E-state index contributed by atoms with van der Waals surface area (Å²) in [5.41, 5.74) is 0. The van der Waals surface area contributed by atoms with Crippen LogP contribution in [-0.4, -0.2) is 30.8 Å². The van der Waals surface area contributed by atoms with Crippen LogP contribution in [0, 0.1) is 11.8 Å². The molecule has 2 fully saturated rings. The van der Waals surface area contributed by atoms with Crippen LogP contribution in [0.5, 0.6) is 0 Å². The maximum absolute atomic E-state index is 11.1. The van der Waals surface area contributed by atoms with E-state index in [1.807, 2.05) is 0 Å². The molecule has 1 heterocycles. The first-order valence-corrected chi connectivity index (χ1v) is 4.46. The lowest BCUT2D eigenvalue weighted by Gasteiger charge is -2.22. The molecule has 62 valence electrons. The quantitative estimate of drug-likeness (QED) is 0.515. The Labute approximate surface area is 67.6 Å². The lowest BCUT2D eigenvalue weighted by Crippen LogP contribution is -2.23. The highest BCUT2D eigenvalue weighted by Crippen LogP contribution is 2.33. The average Bonchev–Trinajstić information content (AvgIpc) is 2.27. The fourth-order valence-corrected chi connectivity index (χ4v) is 2.47. The molecule has 2 nitrogen and oxygen atoms in total. The Hall–Kier alpha value is -0.370. The maximum Gasteiger partial charge on any atom is 0.133 e. The van der Waals surface area contributed by atoms with E-state index in [4.69, 9.17) is 0 Å². The number of fused-ring (bicyclic) bond motifs is 1. The van der Waals surface area contributed by atoms with Crippen molar-refractivity contribution in [2.24, 2.45) is 11.8 Å². The van der Waals surface area contributed by atoms with Crippen LogP contribution in [0.25, 0.3) is 0 Å². The largest absolute Gasteiger partial charge is 0.306 e. The third-order valence-electron chi connectivity index (χ3n) is 3.04. The molecule has 1 aliphatic carbocycles. The van der Waals surface area contributed by atoms with Crippen LogP contribution in [0.4, 0.5) is 0 Å². The van der Waals surface area contributed by atoms with Crippen molar-refractivity contribution in [2.45, 2.75) is 19.3 Å². The summed E-state index contributed by atoms with van der Waals surface area (Å²) in [6.07, 6.45) is 2.85. The number of Topliss-reactive ketones (excluding diaryl/α,β-unsaturated/α-hetero) is 1. The predicted molar refractivity (Wildman–Crippen MR) is 43.3 cm³/mol. The SMILES string of the molecule is CN1C[C@H]2CCC(=O)C[C@H]2C1. The van der Waals surface area contributed by atoms with Crippen LogP contribution < -0.4 is 0 Å². The van der Waals surface area contributed by atoms with Crippen molar-refractivity contribution in [2.75, 3.05) is 20.1 Å². The lowest BCUT2D eigenvalue weighted by molar-refractivity contribution is -0.122. The summed E-state index contributed by atoms with van der Waals surface area (Å²) >= 11 is 0. The minimum atomic E-state index is 0.488. The van der Waals surface area contributed by atoms with Gasteiger partial charge in [-0.15, -0.1) is 0 Å². The number of carbonyl (C=O) groups is 1. The second-order valence-corrected chi connectivity index (χ2v) is 4.02. The highest BCUT2D eigenvalue weighted by atomic mass is 16.1. The third kappa shape index (κ3) is 1.32. The Balaban J connectivity index is 2.02. The molecule has 0 N–H and O–H groups in total. The van der Waals surface area contributed by atoms with Gasteiger partial charge in [-0.1, -0.05) is 0 Å². The van der Waals surface area contributed by atoms with Crippen LogP contribution in [0.15, 0.2) is 0 Å². The van der Waals surface area contributed by atoms with Gasteiger partial charge in [0.2, 0.25) is 0 Å². The van der Waals surface area contributed by atoms with E-state index in [0.717, 1.165) is 31.7 Å². The van der Waals surface area contributed by atoms with Gasteiger partial charge in [-0.25, -0.2) is 0 Å². The number of carbonyl (C=O) groups excluding carboxylic acids is 1. The Bertz CT molecular complexity index is 178. The molecule has 0 unspecified atom stereocenters. The van der Waals surface area contributed by atoms with E-state index in [9.17, 15) is 4.79 Å². The molecule has 0 amide bonds. The summed E-state index contributed by atoms with van der Waals surface area (Å²) in [5, 5.41) is 0. The minimum Gasteiger partial charge on any atom is -0.306 e.